The standard InChI is InChI=1S/C17H16O5/c1-20-13-5-3-12(4-6-13)16(18)11-17(19)22-15-9-7-14(21-2)8-10-15/h3-10H,11H2,1-2H3. The minimum Gasteiger partial charge on any atom is -0.497 e. The van der Waals surface area contributed by atoms with E-state index in [0.29, 0.717) is 22.8 Å². The second-order valence-corrected chi connectivity index (χ2v) is 4.48. The summed E-state index contributed by atoms with van der Waals surface area (Å²) in [6.45, 7) is 0. The van der Waals surface area contributed by atoms with Crippen LogP contribution in [0.25, 0.3) is 0 Å². The number of rotatable bonds is 6. The lowest BCUT2D eigenvalue weighted by Crippen LogP contribution is -2.14. The molecule has 0 amide bonds. The molecule has 0 saturated carbocycles. The van der Waals surface area contributed by atoms with Crippen molar-refractivity contribution >= 4 is 11.8 Å². The zero-order valence-corrected chi connectivity index (χ0v) is 12.4. The van der Waals surface area contributed by atoms with Crippen LogP contribution in [0.4, 0.5) is 0 Å². The molecule has 114 valence electrons. The van der Waals surface area contributed by atoms with E-state index in [4.69, 9.17) is 14.2 Å². The predicted molar refractivity (Wildman–Crippen MR) is 80.6 cm³/mol. The Morgan fingerprint density at radius 3 is 1.73 bits per heavy atom. The normalized spacial score (nSPS) is 9.91. The van der Waals surface area contributed by atoms with Gasteiger partial charge in [-0.05, 0) is 48.5 Å². The minimum atomic E-state index is -0.606. The average molecular weight is 300 g/mol. The van der Waals surface area contributed by atoms with Gasteiger partial charge in [0.2, 0.25) is 0 Å². The summed E-state index contributed by atoms with van der Waals surface area (Å²) in [6.07, 6.45) is -0.321. The van der Waals surface area contributed by atoms with Gasteiger partial charge in [-0.1, -0.05) is 0 Å². The molecule has 5 heteroatoms. The van der Waals surface area contributed by atoms with Crippen molar-refractivity contribution < 1.29 is 23.8 Å². The molecule has 0 bridgehead atoms. The number of benzene rings is 2. The van der Waals surface area contributed by atoms with Gasteiger partial charge in [0, 0.05) is 5.56 Å². The molecule has 0 spiro atoms. The van der Waals surface area contributed by atoms with Crippen LogP contribution in [0.15, 0.2) is 48.5 Å². The van der Waals surface area contributed by atoms with E-state index < -0.39 is 5.97 Å². The number of ketones is 1. The molecule has 5 nitrogen and oxygen atoms in total. The molecule has 0 atom stereocenters. The van der Waals surface area contributed by atoms with E-state index in [9.17, 15) is 9.59 Å². The fourth-order valence-electron chi connectivity index (χ4n) is 1.82. The molecule has 0 aliphatic carbocycles. The number of esters is 1. The molecule has 2 aromatic rings. The van der Waals surface area contributed by atoms with Crippen LogP contribution < -0.4 is 14.2 Å². The van der Waals surface area contributed by atoms with Crippen LogP contribution in [0.2, 0.25) is 0 Å². The maximum Gasteiger partial charge on any atom is 0.319 e. The quantitative estimate of drug-likeness (QED) is 0.355. The van der Waals surface area contributed by atoms with E-state index in [1.165, 1.54) is 0 Å². The van der Waals surface area contributed by atoms with Crippen molar-refractivity contribution in [2.45, 2.75) is 6.42 Å². The first kappa shape index (κ1) is 15.6. The lowest BCUT2D eigenvalue weighted by molar-refractivity contribution is -0.133. The van der Waals surface area contributed by atoms with Crippen LogP contribution in [0, 0.1) is 0 Å². The summed E-state index contributed by atoms with van der Waals surface area (Å²) >= 11 is 0. The van der Waals surface area contributed by atoms with Crippen LogP contribution in [-0.4, -0.2) is 26.0 Å². The molecule has 0 unspecified atom stereocenters. The van der Waals surface area contributed by atoms with Gasteiger partial charge in [-0.2, -0.15) is 0 Å². The van der Waals surface area contributed by atoms with Crippen molar-refractivity contribution in [2.75, 3.05) is 14.2 Å². The summed E-state index contributed by atoms with van der Waals surface area (Å²) in [7, 11) is 3.09. The minimum absolute atomic E-state index is 0.304. The first-order chi connectivity index (χ1) is 10.6. The van der Waals surface area contributed by atoms with E-state index in [2.05, 4.69) is 0 Å². The van der Waals surface area contributed by atoms with Crippen molar-refractivity contribution in [3.8, 4) is 17.2 Å². The topological polar surface area (TPSA) is 61.8 Å². The van der Waals surface area contributed by atoms with Crippen molar-refractivity contribution in [1.82, 2.24) is 0 Å². The van der Waals surface area contributed by atoms with Crippen LogP contribution in [0.3, 0.4) is 0 Å². The molecular formula is C17H16O5. The van der Waals surface area contributed by atoms with Crippen molar-refractivity contribution in [3.63, 3.8) is 0 Å². The van der Waals surface area contributed by atoms with Crippen LogP contribution in [0.5, 0.6) is 17.2 Å². The molecule has 0 fully saturated rings. The first-order valence-electron chi connectivity index (χ1n) is 6.64. The molecule has 2 rings (SSSR count). The number of ether oxygens (including phenoxy) is 3. The Morgan fingerprint density at radius 2 is 1.23 bits per heavy atom. The van der Waals surface area contributed by atoms with E-state index in [0.717, 1.165) is 0 Å². The Kier molecular flexibility index (Phi) is 5.14. The summed E-state index contributed by atoms with van der Waals surface area (Å²) in [6, 6.07) is 13.1. The molecule has 0 aromatic heterocycles. The highest BCUT2D eigenvalue weighted by atomic mass is 16.5. The number of methoxy groups -OCH3 is 2. The van der Waals surface area contributed by atoms with Crippen LogP contribution in [-0.2, 0) is 4.79 Å². The van der Waals surface area contributed by atoms with E-state index in [-0.39, 0.29) is 12.2 Å². The Balaban J connectivity index is 1.93. The molecular weight excluding hydrogens is 284 g/mol. The number of carbonyl (C=O) groups excluding carboxylic acids is 2. The van der Waals surface area contributed by atoms with Gasteiger partial charge < -0.3 is 14.2 Å². The van der Waals surface area contributed by atoms with E-state index >= 15 is 0 Å². The van der Waals surface area contributed by atoms with E-state index in [1.54, 1.807) is 62.8 Å². The highest BCUT2D eigenvalue weighted by Gasteiger charge is 2.14. The largest absolute Gasteiger partial charge is 0.497 e. The molecule has 0 N–H and O–H groups in total. The van der Waals surface area contributed by atoms with Gasteiger partial charge in [0.15, 0.2) is 5.78 Å². The lowest BCUT2D eigenvalue weighted by atomic mass is 10.1. The molecule has 0 radical (unpaired) electrons. The van der Waals surface area contributed by atoms with Gasteiger partial charge in [-0.15, -0.1) is 0 Å². The van der Waals surface area contributed by atoms with Crippen molar-refractivity contribution in [1.29, 1.82) is 0 Å². The summed E-state index contributed by atoms with van der Waals surface area (Å²) in [5.74, 6) is 0.770. The fourth-order valence-corrected chi connectivity index (χ4v) is 1.82. The summed E-state index contributed by atoms with van der Waals surface area (Å²) in [5.41, 5.74) is 0.437. The SMILES string of the molecule is COc1ccc(OC(=O)CC(=O)c2ccc(OC)cc2)cc1. The number of hydrogen-bond donors (Lipinski definition) is 0. The third-order valence-electron chi connectivity index (χ3n) is 3.01. The van der Waals surface area contributed by atoms with Gasteiger partial charge in [-0.3, -0.25) is 9.59 Å². The Bertz CT molecular complexity index is 644. The third kappa shape index (κ3) is 4.09. The first-order valence-corrected chi connectivity index (χ1v) is 6.64. The molecule has 22 heavy (non-hydrogen) atoms. The predicted octanol–water partition coefficient (Wildman–Crippen LogP) is 2.88. The molecule has 0 aliphatic rings. The molecule has 0 heterocycles. The van der Waals surface area contributed by atoms with Crippen LogP contribution >= 0.6 is 0 Å². The van der Waals surface area contributed by atoms with E-state index in [1.807, 2.05) is 0 Å². The zero-order chi connectivity index (χ0) is 15.9. The lowest BCUT2D eigenvalue weighted by Gasteiger charge is -2.05. The summed E-state index contributed by atoms with van der Waals surface area (Å²) in [4.78, 5) is 23.8. The smallest absolute Gasteiger partial charge is 0.319 e. The number of carbonyl (C=O) groups is 2. The maximum absolute atomic E-state index is 12.0. The zero-order valence-electron chi connectivity index (χ0n) is 12.4. The summed E-state index contributed by atoms with van der Waals surface area (Å²) in [5, 5.41) is 0. The second kappa shape index (κ2) is 7.26. The monoisotopic (exact) mass is 300 g/mol. The average Bonchev–Trinajstić information content (AvgIpc) is 2.55. The Hall–Kier alpha value is -2.82. The van der Waals surface area contributed by atoms with Gasteiger partial charge in [0.05, 0.1) is 14.2 Å². The van der Waals surface area contributed by atoms with Gasteiger partial charge in [0.1, 0.15) is 23.7 Å². The molecule has 0 saturated heterocycles. The Morgan fingerprint density at radius 1 is 0.773 bits per heavy atom. The number of hydrogen-bond acceptors (Lipinski definition) is 5. The van der Waals surface area contributed by atoms with Gasteiger partial charge >= 0.3 is 5.97 Å². The third-order valence-corrected chi connectivity index (χ3v) is 3.01. The Labute approximate surface area is 128 Å². The van der Waals surface area contributed by atoms with Crippen LogP contribution in [0.1, 0.15) is 16.8 Å². The fraction of sp³-hybridized carbons (Fsp3) is 0.176. The highest BCUT2D eigenvalue weighted by Crippen LogP contribution is 2.18. The molecule has 0 aliphatic heterocycles. The van der Waals surface area contributed by atoms with Crippen molar-refractivity contribution in [3.05, 3.63) is 54.1 Å². The van der Waals surface area contributed by atoms with Gasteiger partial charge in [-0.25, -0.2) is 0 Å². The number of Topliss-reactive ketones (excluding diaryl/α,β-unsaturated/α-hetero) is 1. The van der Waals surface area contributed by atoms with Crippen molar-refractivity contribution in [2.24, 2.45) is 0 Å². The highest BCUT2D eigenvalue weighted by molar-refractivity contribution is 6.06. The van der Waals surface area contributed by atoms with Gasteiger partial charge in [0.25, 0.3) is 0 Å². The second-order valence-electron chi connectivity index (χ2n) is 4.48. The maximum atomic E-state index is 12.0. The summed E-state index contributed by atoms with van der Waals surface area (Å²) < 4.78 is 15.1. The molecule has 2 aromatic carbocycles.